The van der Waals surface area contributed by atoms with Crippen molar-refractivity contribution in [2.75, 3.05) is 0 Å². The molecule has 0 radical (unpaired) electrons. The maximum atomic E-state index is 11.1. The van der Waals surface area contributed by atoms with Gasteiger partial charge in [-0.25, -0.2) is 0 Å². The van der Waals surface area contributed by atoms with Crippen LogP contribution in [0.1, 0.15) is 71.1 Å². The van der Waals surface area contributed by atoms with Gasteiger partial charge in [-0.2, -0.15) is 0 Å². The van der Waals surface area contributed by atoms with Crippen LogP contribution in [-0.2, 0) is 22.6 Å². The van der Waals surface area contributed by atoms with Crippen LogP contribution >= 0.6 is 0 Å². The zero-order valence-electron chi connectivity index (χ0n) is 16.2. The van der Waals surface area contributed by atoms with Crippen molar-refractivity contribution >= 4 is 5.97 Å². The van der Waals surface area contributed by atoms with E-state index < -0.39 is 0 Å². The van der Waals surface area contributed by atoms with E-state index in [0.717, 1.165) is 30.1 Å². The maximum absolute atomic E-state index is 11.1. The molecule has 3 rings (SSSR count). The predicted octanol–water partition coefficient (Wildman–Crippen LogP) is 5.68. The zero-order valence-corrected chi connectivity index (χ0v) is 16.2. The van der Waals surface area contributed by atoms with E-state index >= 15 is 0 Å². The standard InChI is InChI=1S/C22H32O3/c1-15-7-8-20-21(3,4)10-6-11-22(20,5)18(15)13-19-17(9-12-24-19)14-25-16(2)23/h9,12,18,20H,1,6-8,10-11,13-14H2,2-5H3/t18-,20?,22+/m0/s1. The second-order valence-corrected chi connectivity index (χ2v) is 9.00. The molecule has 3 nitrogen and oxygen atoms in total. The highest BCUT2D eigenvalue weighted by Crippen LogP contribution is 2.61. The average Bonchev–Trinajstić information content (AvgIpc) is 2.95. The van der Waals surface area contributed by atoms with E-state index in [4.69, 9.17) is 9.15 Å². The molecular formula is C22H32O3. The first kappa shape index (κ1) is 18.3. The second kappa shape index (κ2) is 6.66. The Morgan fingerprint density at radius 3 is 2.84 bits per heavy atom. The Hall–Kier alpha value is -1.51. The Labute approximate surface area is 151 Å². The Bertz CT molecular complexity index is 654. The van der Waals surface area contributed by atoms with Gasteiger partial charge in [0.2, 0.25) is 0 Å². The number of allylic oxidation sites excluding steroid dienone is 1. The average molecular weight is 344 g/mol. The lowest BCUT2D eigenvalue weighted by atomic mass is 9.47. The summed E-state index contributed by atoms with van der Waals surface area (Å²) < 4.78 is 11.0. The van der Waals surface area contributed by atoms with E-state index in [1.807, 2.05) is 6.07 Å². The third kappa shape index (κ3) is 3.43. The van der Waals surface area contributed by atoms with Crippen molar-refractivity contribution in [1.82, 2.24) is 0 Å². The smallest absolute Gasteiger partial charge is 0.302 e. The number of rotatable bonds is 4. The van der Waals surface area contributed by atoms with E-state index in [-0.39, 0.29) is 11.4 Å². The van der Waals surface area contributed by atoms with Crippen molar-refractivity contribution in [3.05, 3.63) is 35.8 Å². The molecule has 0 spiro atoms. The highest BCUT2D eigenvalue weighted by Gasteiger charge is 2.52. The Balaban J connectivity index is 1.84. The minimum atomic E-state index is -0.254. The van der Waals surface area contributed by atoms with Gasteiger partial charge in [0.1, 0.15) is 12.4 Å². The summed E-state index contributed by atoms with van der Waals surface area (Å²) in [5.74, 6) is 1.87. The summed E-state index contributed by atoms with van der Waals surface area (Å²) in [6.45, 7) is 13.5. The number of fused-ring (bicyclic) bond motifs is 1. The van der Waals surface area contributed by atoms with Gasteiger partial charge < -0.3 is 9.15 Å². The Morgan fingerprint density at radius 1 is 1.36 bits per heavy atom. The van der Waals surface area contributed by atoms with Crippen molar-refractivity contribution in [3.8, 4) is 0 Å². The van der Waals surface area contributed by atoms with Gasteiger partial charge >= 0.3 is 5.97 Å². The molecule has 3 atom stereocenters. The summed E-state index contributed by atoms with van der Waals surface area (Å²) in [5.41, 5.74) is 3.04. The first-order valence-electron chi connectivity index (χ1n) is 9.60. The summed E-state index contributed by atoms with van der Waals surface area (Å²) in [4.78, 5) is 11.1. The summed E-state index contributed by atoms with van der Waals surface area (Å²) in [5, 5.41) is 0. The highest BCUT2D eigenvalue weighted by atomic mass is 16.5. The highest BCUT2D eigenvalue weighted by molar-refractivity contribution is 5.65. The largest absolute Gasteiger partial charge is 0.469 e. The molecule has 138 valence electrons. The quantitative estimate of drug-likeness (QED) is 0.521. The summed E-state index contributed by atoms with van der Waals surface area (Å²) in [6, 6.07) is 1.93. The van der Waals surface area contributed by atoms with Gasteiger partial charge in [-0.05, 0) is 54.4 Å². The molecule has 1 aromatic rings. The van der Waals surface area contributed by atoms with E-state index in [0.29, 0.717) is 17.9 Å². The molecule has 0 aliphatic heterocycles. The summed E-state index contributed by atoms with van der Waals surface area (Å²) in [7, 11) is 0. The summed E-state index contributed by atoms with van der Waals surface area (Å²) in [6.07, 6.45) is 8.85. The number of carbonyl (C=O) groups is 1. The van der Waals surface area contributed by atoms with Gasteiger partial charge in [0.15, 0.2) is 0 Å². The number of carbonyl (C=O) groups excluding carboxylic acids is 1. The second-order valence-electron chi connectivity index (χ2n) is 9.00. The molecule has 2 saturated carbocycles. The van der Waals surface area contributed by atoms with Crippen molar-refractivity contribution in [3.63, 3.8) is 0 Å². The van der Waals surface area contributed by atoms with Gasteiger partial charge in [0, 0.05) is 18.9 Å². The Morgan fingerprint density at radius 2 is 2.12 bits per heavy atom. The minimum absolute atomic E-state index is 0.254. The van der Waals surface area contributed by atoms with Crippen LogP contribution < -0.4 is 0 Å². The number of esters is 1. The van der Waals surface area contributed by atoms with Crippen LogP contribution in [0, 0.1) is 22.7 Å². The molecule has 0 bridgehead atoms. The SMILES string of the molecule is C=C1CCC2C(C)(C)CCC[C@]2(C)[C@H]1Cc1occc1COC(C)=O. The van der Waals surface area contributed by atoms with Crippen LogP contribution in [0.3, 0.4) is 0 Å². The molecule has 2 aliphatic carbocycles. The van der Waals surface area contributed by atoms with E-state index in [9.17, 15) is 4.79 Å². The lowest BCUT2D eigenvalue weighted by molar-refractivity contribution is -0.142. The number of ether oxygens (including phenoxy) is 1. The van der Waals surface area contributed by atoms with Crippen LogP contribution in [0.5, 0.6) is 0 Å². The monoisotopic (exact) mass is 344 g/mol. The van der Waals surface area contributed by atoms with Gasteiger partial charge in [-0.15, -0.1) is 0 Å². The third-order valence-corrected chi connectivity index (χ3v) is 6.98. The van der Waals surface area contributed by atoms with Gasteiger partial charge in [0.05, 0.1) is 6.26 Å². The van der Waals surface area contributed by atoms with Crippen molar-refractivity contribution in [2.45, 2.75) is 72.8 Å². The molecule has 1 aromatic heterocycles. The van der Waals surface area contributed by atoms with Crippen LogP contribution in [0.4, 0.5) is 0 Å². The van der Waals surface area contributed by atoms with E-state index in [1.54, 1.807) is 6.26 Å². The summed E-state index contributed by atoms with van der Waals surface area (Å²) >= 11 is 0. The molecule has 3 heteroatoms. The molecule has 2 aliphatic rings. The van der Waals surface area contributed by atoms with E-state index in [2.05, 4.69) is 27.4 Å². The van der Waals surface area contributed by atoms with Gasteiger partial charge in [-0.3, -0.25) is 4.79 Å². The fourth-order valence-electron chi connectivity index (χ4n) is 5.69. The fourth-order valence-corrected chi connectivity index (χ4v) is 5.69. The normalized spacial score (nSPS) is 31.4. The van der Waals surface area contributed by atoms with Crippen molar-refractivity contribution < 1.29 is 13.9 Å². The lowest BCUT2D eigenvalue weighted by Gasteiger charge is -2.58. The molecule has 0 saturated heterocycles. The molecule has 1 unspecified atom stereocenters. The first-order valence-corrected chi connectivity index (χ1v) is 9.60. The molecule has 0 amide bonds. The minimum Gasteiger partial charge on any atom is -0.469 e. The first-order chi connectivity index (χ1) is 11.7. The molecule has 25 heavy (non-hydrogen) atoms. The number of hydrogen-bond donors (Lipinski definition) is 0. The number of hydrogen-bond acceptors (Lipinski definition) is 3. The van der Waals surface area contributed by atoms with Gasteiger partial charge in [0.25, 0.3) is 0 Å². The third-order valence-electron chi connectivity index (χ3n) is 6.98. The molecule has 0 aromatic carbocycles. The van der Waals surface area contributed by atoms with Crippen LogP contribution in [-0.4, -0.2) is 5.97 Å². The Kier molecular flexibility index (Phi) is 4.87. The lowest BCUT2D eigenvalue weighted by Crippen LogP contribution is -2.50. The topological polar surface area (TPSA) is 39.4 Å². The molecule has 2 fully saturated rings. The maximum Gasteiger partial charge on any atom is 0.302 e. The molecule has 1 heterocycles. The van der Waals surface area contributed by atoms with Gasteiger partial charge in [-0.1, -0.05) is 39.3 Å². The fraction of sp³-hybridized carbons (Fsp3) is 0.682. The van der Waals surface area contributed by atoms with Crippen LogP contribution in [0.25, 0.3) is 0 Å². The zero-order chi connectivity index (χ0) is 18.2. The van der Waals surface area contributed by atoms with Crippen LogP contribution in [0.15, 0.2) is 28.9 Å². The molecule has 0 N–H and O–H groups in total. The van der Waals surface area contributed by atoms with Crippen molar-refractivity contribution in [1.29, 1.82) is 0 Å². The van der Waals surface area contributed by atoms with Crippen LogP contribution in [0.2, 0.25) is 0 Å². The predicted molar refractivity (Wildman–Crippen MR) is 99.0 cm³/mol. The van der Waals surface area contributed by atoms with Crippen molar-refractivity contribution in [2.24, 2.45) is 22.7 Å². The number of furan rings is 1. The van der Waals surface area contributed by atoms with E-state index in [1.165, 1.54) is 38.2 Å². The molecular weight excluding hydrogens is 312 g/mol.